The maximum Gasteiger partial charge on any atom is 0.260 e. The van der Waals surface area contributed by atoms with Crippen molar-refractivity contribution in [3.05, 3.63) is 65.0 Å². The van der Waals surface area contributed by atoms with Gasteiger partial charge in [-0.2, -0.15) is 0 Å². The minimum absolute atomic E-state index is 0.00693. The molecule has 1 N–H and O–H groups in total. The maximum atomic E-state index is 13.3. The molecule has 29 heavy (non-hydrogen) atoms. The summed E-state index contributed by atoms with van der Waals surface area (Å²) in [6.07, 6.45) is 0.914. The van der Waals surface area contributed by atoms with Gasteiger partial charge in [-0.3, -0.25) is 9.69 Å². The van der Waals surface area contributed by atoms with Crippen molar-refractivity contribution in [3.63, 3.8) is 0 Å². The van der Waals surface area contributed by atoms with Crippen LogP contribution in [0.25, 0.3) is 11.3 Å². The number of nitrogens with one attached hydrogen (secondary N) is 1. The molecule has 6 heteroatoms. The van der Waals surface area contributed by atoms with E-state index in [-0.39, 0.29) is 5.91 Å². The van der Waals surface area contributed by atoms with Gasteiger partial charge in [-0.25, -0.2) is 4.98 Å². The van der Waals surface area contributed by atoms with Crippen LogP contribution >= 0.6 is 11.3 Å². The number of aryl methyl sites for hydroxylation is 1. The molecule has 0 aliphatic carbocycles. The van der Waals surface area contributed by atoms with E-state index >= 15 is 0 Å². The zero-order valence-corrected chi connectivity index (χ0v) is 18.3. The van der Waals surface area contributed by atoms with E-state index in [1.54, 1.807) is 7.11 Å². The van der Waals surface area contributed by atoms with Crippen molar-refractivity contribution in [2.75, 3.05) is 39.2 Å². The number of quaternary nitrogens is 1. The molecule has 0 fully saturated rings. The summed E-state index contributed by atoms with van der Waals surface area (Å²) in [6, 6.07) is 15.5. The first-order valence-electron chi connectivity index (χ1n) is 9.76. The highest BCUT2D eigenvalue weighted by Gasteiger charge is 2.22. The van der Waals surface area contributed by atoms with Crippen molar-refractivity contribution < 1.29 is 14.4 Å². The Morgan fingerprint density at radius 3 is 2.52 bits per heavy atom. The van der Waals surface area contributed by atoms with E-state index in [9.17, 15) is 4.79 Å². The van der Waals surface area contributed by atoms with Crippen LogP contribution in [0.5, 0.6) is 5.75 Å². The number of benzene rings is 2. The molecule has 5 nitrogen and oxygen atoms in total. The molecule has 0 saturated carbocycles. The van der Waals surface area contributed by atoms with E-state index in [0.717, 1.165) is 46.2 Å². The van der Waals surface area contributed by atoms with Gasteiger partial charge in [-0.1, -0.05) is 18.2 Å². The van der Waals surface area contributed by atoms with Crippen LogP contribution in [0, 0.1) is 6.92 Å². The van der Waals surface area contributed by atoms with Gasteiger partial charge >= 0.3 is 0 Å². The molecular weight excluding hydrogens is 382 g/mol. The summed E-state index contributed by atoms with van der Waals surface area (Å²) >= 11 is 1.51. The Labute approximate surface area is 176 Å². The van der Waals surface area contributed by atoms with Gasteiger partial charge < -0.3 is 9.64 Å². The van der Waals surface area contributed by atoms with Crippen molar-refractivity contribution in [3.8, 4) is 17.0 Å². The minimum Gasteiger partial charge on any atom is -0.497 e. The normalized spacial score (nSPS) is 10.9. The first kappa shape index (κ1) is 21.0. The maximum absolute atomic E-state index is 13.3. The zero-order chi connectivity index (χ0) is 20.8. The molecule has 0 unspecified atom stereocenters. The Morgan fingerprint density at radius 2 is 1.86 bits per heavy atom. The first-order chi connectivity index (χ1) is 14.0. The molecule has 0 aliphatic rings. The standard InChI is InChI=1S/C23H27N3O2S/c1-17-8-5-6-9-20(17)22(27)26(15-7-14-25(2)3)23-24-21(16-29-23)18-10-12-19(28-4)13-11-18/h5-6,8-13,16H,7,14-15H2,1-4H3/p+1. The molecule has 1 aromatic heterocycles. The molecule has 3 rings (SSSR count). The van der Waals surface area contributed by atoms with E-state index in [1.807, 2.05) is 65.7 Å². The Hall–Kier alpha value is -2.70. The molecule has 0 saturated heterocycles. The monoisotopic (exact) mass is 410 g/mol. The molecule has 2 aromatic carbocycles. The highest BCUT2D eigenvalue weighted by Crippen LogP contribution is 2.30. The quantitative estimate of drug-likeness (QED) is 0.620. The molecular formula is C23H28N3O2S+. The topological polar surface area (TPSA) is 46.9 Å². The lowest BCUT2D eigenvalue weighted by Gasteiger charge is -2.21. The third-order valence-electron chi connectivity index (χ3n) is 4.79. The summed E-state index contributed by atoms with van der Waals surface area (Å²) in [6.45, 7) is 3.61. The van der Waals surface area contributed by atoms with Crippen molar-refractivity contribution in [1.29, 1.82) is 0 Å². The summed E-state index contributed by atoms with van der Waals surface area (Å²) in [4.78, 5) is 21.3. The number of hydrogen-bond donors (Lipinski definition) is 1. The average molecular weight is 411 g/mol. The number of anilines is 1. The second kappa shape index (κ2) is 9.67. The van der Waals surface area contributed by atoms with E-state index in [4.69, 9.17) is 9.72 Å². The molecule has 1 heterocycles. The van der Waals surface area contributed by atoms with Crippen molar-refractivity contribution >= 4 is 22.4 Å². The predicted octanol–water partition coefficient (Wildman–Crippen LogP) is 3.31. The Balaban J connectivity index is 1.88. The van der Waals surface area contributed by atoms with E-state index < -0.39 is 0 Å². The van der Waals surface area contributed by atoms with Crippen LogP contribution < -0.4 is 14.5 Å². The highest BCUT2D eigenvalue weighted by molar-refractivity contribution is 7.14. The number of thiazole rings is 1. The van der Waals surface area contributed by atoms with E-state index in [1.165, 1.54) is 16.2 Å². The third kappa shape index (κ3) is 5.22. The second-order valence-corrected chi connectivity index (χ2v) is 8.16. The smallest absolute Gasteiger partial charge is 0.260 e. The molecule has 0 bridgehead atoms. The fourth-order valence-corrected chi connectivity index (χ4v) is 3.97. The van der Waals surface area contributed by atoms with Crippen LogP contribution in [0.3, 0.4) is 0 Å². The SMILES string of the molecule is COc1ccc(-c2csc(N(CCC[NH+](C)C)C(=O)c3ccccc3C)n2)cc1. The Bertz CT molecular complexity index is 951. The number of rotatable bonds is 8. The van der Waals surface area contributed by atoms with E-state index in [2.05, 4.69) is 14.1 Å². The largest absolute Gasteiger partial charge is 0.497 e. The van der Waals surface area contributed by atoms with Crippen LogP contribution in [0.1, 0.15) is 22.3 Å². The molecule has 3 aromatic rings. The lowest BCUT2D eigenvalue weighted by Crippen LogP contribution is -3.05. The summed E-state index contributed by atoms with van der Waals surface area (Å²) in [7, 11) is 5.90. The molecule has 0 spiro atoms. The first-order valence-corrected chi connectivity index (χ1v) is 10.6. The van der Waals surface area contributed by atoms with Gasteiger partial charge in [0.25, 0.3) is 5.91 Å². The van der Waals surface area contributed by atoms with Gasteiger partial charge in [0.2, 0.25) is 0 Å². The number of aromatic nitrogens is 1. The van der Waals surface area contributed by atoms with Crippen LogP contribution in [0.4, 0.5) is 5.13 Å². The van der Waals surface area contributed by atoms with Gasteiger partial charge in [-0.05, 0) is 42.8 Å². The number of carbonyl (C=O) groups is 1. The van der Waals surface area contributed by atoms with Gasteiger partial charge in [0, 0.05) is 29.5 Å². The lowest BCUT2D eigenvalue weighted by molar-refractivity contribution is -0.858. The van der Waals surface area contributed by atoms with Crippen molar-refractivity contribution in [2.45, 2.75) is 13.3 Å². The van der Waals surface area contributed by atoms with Crippen molar-refractivity contribution in [1.82, 2.24) is 4.98 Å². The fourth-order valence-electron chi connectivity index (χ4n) is 3.12. The Kier molecular flexibility index (Phi) is 7.01. The van der Waals surface area contributed by atoms with Crippen molar-refractivity contribution in [2.24, 2.45) is 0 Å². The zero-order valence-electron chi connectivity index (χ0n) is 17.4. The van der Waals surface area contributed by atoms with Gasteiger partial charge in [0.15, 0.2) is 5.13 Å². The summed E-state index contributed by atoms with van der Waals surface area (Å²) in [5, 5.41) is 2.74. The molecule has 0 aliphatic heterocycles. The van der Waals surface area contributed by atoms with Crippen LogP contribution in [-0.2, 0) is 0 Å². The molecule has 0 atom stereocenters. The third-order valence-corrected chi connectivity index (χ3v) is 5.65. The Morgan fingerprint density at radius 1 is 1.14 bits per heavy atom. The molecule has 0 radical (unpaired) electrons. The van der Waals surface area contributed by atoms with Crippen LogP contribution in [-0.4, -0.2) is 45.2 Å². The van der Waals surface area contributed by atoms with Crippen LogP contribution in [0.15, 0.2) is 53.9 Å². The van der Waals surface area contributed by atoms with E-state index in [0.29, 0.717) is 6.54 Å². The fraction of sp³-hybridized carbons (Fsp3) is 0.304. The number of amides is 1. The van der Waals surface area contributed by atoms with Gasteiger partial charge in [0.05, 0.1) is 33.4 Å². The summed E-state index contributed by atoms with van der Waals surface area (Å²) in [5.74, 6) is 0.819. The lowest BCUT2D eigenvalue weighted by atomic mass is 10.1. The van der Waals surface area contributed by atoms with Gasteiger partial charge in [0.1, 0.15) is 5.75 Å². The summed E-state index contributed by atoms with van der Waals surface area (Å²) in [5.41, 5.74) is 3.58. The second-order valence-electron chi connectivity index (χ2n) is 7.33. The predicted molar refractivity (Wildman–Crippen MR) is 119 cm³/mol. The molecule has 1 amide bonds. The van der Waals surface area contributed by atoms with Gasteiger partial charge in [-0.15, -0.1) is 11.3 Å². The average Bonchev–Trinajstić information content (AvgIpc) is 3.21. The number of carbonyl (C=O) groups excluding carboxylic acids is 1. The highest BCUT2D eigenvalue weighted by atomic mass is 32.1. The number of nitrogens with zero attached hydrogens (tertiary/aromatic N) is 2. The number of hydrogen-bond acceptors (Lipinski definition) is 4. The molecule has 152 valence electrons. The minimum atomic E-state index is 0.00693. The van der Waals surface area contributed by atoms with Crippen LogP contribution in [0.2, 0.25) is 0 Å². The number of ether oxygens (including phenoxy) is 1. The number of methoxy groups -OCH3 is 1. The summed E-state index contributed by atoms with van der Waals surface area (Å²) < 4.78 is 5.23.